The van der Waals surface area contributed by atoms with Crippen molar-refractivity contribution in [1.29, 1.82) is 0 Å². The molecule has 0 spiro atoms. The van der Waals surface area contributed by atoms with Crippen LogP contribution in [0.1, 0.15) is 11.3 Å². The predicted octanol–water partition coefficient (Wildman–Crippen LogP) is 2.52. The second-order valence-corrected chi connectivity index (χ2v) is 4.74. The average Bonchev–Trinajstić information content (AvgIpc) is 2.77. The fourth-order valence-corrected chi connectivity index (χ4v) is 2.14. The molecule has 2 rings (SSSR count). The summed E-state index contributed by atoms with van der Waals surface area (Å²) in [5.41, 5.74) is 3.44. The topological polar surface area (TPSA) is 41.1 Å². The Kier molecular flexibility index (Phi) is 3.58. The summed E-state index contributed by atoms with van der Waals surface area (Å²) in [5, 5.41) is 8.27. The minimum atomic E-state index is 0.760. The summed E-state index contributed by atoms with van der Waals surface area (Å²) in [4.78, 5) is 2.16. The fraction of sp³-hybridized carbons (Fsp3) is 0.333. The van der Waals surface area contributed by atoms with Gasteiger partial charge in [-0.3, -0.25) is 0 Å². The summed E-state index contributed by atoms with van der Waals surface area (Å²) in [6, 6.07) is 8.47. The first kappa shape index (κ1) is 11.9. The maximum atomic E-state index is 4.13. The van der Waals surface area contributed by atoms with Crippen LogP contribution in [0.25, 0.3) is 0 Å². The molecule has 90 valence electrons. The number of aryl methyl sites for hydroxylation is 1. The summed E-state index contributed by atoms with van der Waals surface area (Å²) in [5.74, 6) is 0. The van der Waals surface area contributed by atoms with Crippen LogP contribution in [-0.4, -0.2) is 23.7 Å². The van der Waals surface area contributed by atoms with Gasteiger partial charge in [-0.15, -0.1) is 5.10 Å². The van der Waals surface area contributed by atoms with E-state index in [0.29, 0.717) is 0 Å². The van der Waals surface area contributed by atoms with Gasteiger partial charge in [-0.2, -0.15) is 0 Å². The highest BCUT2D eigenvalue weighted by molar-refractivity contribution is 7.10. The number of benzene rings is 1. The molecule has 0 amide bonds. The molecule has 1 heterocycles. The van der Waals surface area contributed by atoms with Crippen molar-refractivity contribution in [1.82, 2.24) is 9.59 Å². The molecular weight excluding hydrogens is 232 g/mol. The largest absolute Gasteiger partial charge is 0.377 e. The van der Waals surface area contributed by atoms with Crippen molar-refractivity contribution in [3.8, 4) is 0 Å². The van der Waals surface area contributed by atoms with Crippen LogP contribution in [0.3, 0.4) is 0 Å². The van der Waals surface area contributed by atoms with E-state index in [2.05, 4.69) is 58.0 Å². The first-order valence-corrected chi connectivity index (χ1v) is 6.25. The zero-order valence-electron chi connectivity index (χ0n) is 10.3. The van der Waals surface area contributed by atoms with E-state index in [1.807, 2.05) is 7.05 Å². The van der Waals surface area contributed by atoms with Gasteiger partial charge >= 0.3 is 0 Å². The van der Waals surface area contributed by atoms with Crippen LogP contribution in [0.2, 0.25) is 0 Å². The second kappa shape index (κ2) is 5.14. The Morgan fingerprint density at radius 3 is 2.65 bits per heavy atom. The number of anilines is 2. The molecule has 0 saturated carbocycles. The normalized spacial score (nSPS) is 10.3. The van der Waals surface area contributed by atoms with E-state index >= 15 is 0 Å². The van der Waals surface area contributed by atoms with E-state index in [-0.39, 0.29) is 0 Å². The van der Waals surface area contributed by atoms with Gasteiger partial charge in [0.15, 0.2) is 0 Å². The molecule has 0 fully saturated rings. The number of aromatic nitrogens is 2. The van der Waals surface area contributed by atoms with Crippen LogP contribution in [-0.2, 0) is 6.54 Å². The van der Waals surface area contributed by atoms with Crippen molar-refractivity contribution in [3.05, 3.63) is 35.5 Å². The molecule has 1 aromatic carbocycles. The lowest BCUT2D eigenvalue weighted by atomic mass is 10.2. The molecule has 17 heavy (non-hydrogen) atoms. The van der Waals surface area contributed by atoms with Gasteiger partial charge in [0, 0.05) is 31.3 Å². The summed E-state index contributed by atoms with van der Waals surface area (Å²) in [7, 11) is 3.95. The third kappa shape index (κ3) is 2.74. The minimum Gasteiger partial charge on any atom is -0.377 e. The van der Waals surface area contributed by atoms with Gasteiger partial charge in [-0.1, -0.05) is 22.2 Å². The average molecular weight is 248 g/mol. The number of nitrogens with zero attached hydrogens (tertiary/aromatic N) is 3. The standard InChI is InChI=1S/C12H16N4S/c1-9-4-6-10(7-5-9)16(3)8-11-12(13-2)17-15-14-11/h4-7,13H,8H2,1-3H3. The van der Waals surface area contributed by atoms with Gasteiger partial charge in [0.1, 0.15) is 10.7 Å². The lowest BCUT2D eigenvalue weighted by Crippen LogP contribution is -2.17. The van der Waals surface area contributed by atoms with Crippen LogP contribution in [0.15, 0.2) is 24.3 Å². The van der Waals surface area contributed by atoms with E-state index in [0.717, 1.165) is 17.2 Å². The lowest BCUT2D eigenvalue weighted by molar-refractivity contribution is 0.873. The Bertz CT molecular complexity index is 478. The molecule has 0 aliphatic heterocycles. The third-order valence-corrected chi connectivity index (χ3v) is 3.43. The van der Waals surface area contributed by atoms with Gasteiger partial charge in [0.25, 0.3) is 0 Å². The first-order valence-electron chi connectivity index (χ1n) is 5.47. The number of nitrogens with one attached hydrogen (secondary N) is 1. The van der Waals surface area contributed by atoms with E-state index in [1.54, 1.807) is 0 Å². The first-order chi connectivity index (χ1) is 8.20. The van der Waals surface area contributed by atoms with E-state index in [9.17, 15) is 0 Å². The molecule has 0 radical (unpaired) electrons. The molecule has 0 unspecified atom stereocenters. The van der Waals surface area contributed by atoms with Crippen molar-refractivity contribution < 1.29 is 0 Å². The van der Waals surface area contributed by atoms with Gasteiger partial charge in [0.05, 0.1) is 6.54 Å². The van der Waals surface area contributed by atoms with Crippen molar-refractivity contribution in [2.45, 2.75) is 13.5 Å². The molecular formula is C12H16N4S. The Balaban J connectivity index is 2.11. The molecule has 1 N–H and O–H groups in total. The van der Waals surface area contributed by atoms with E-state index in [4.69, 9.17) is 0 Å². The van der Waals surface area contributed by atoms with Crippen LogP contribution in [0.4, 0.5) is 10.7 Å². The van der Waals surface area contributed by atoms with Crippen LogP contribution < -0.4 is 10.2 Å². The molecule has 0 bridgehead atoms. The summed E-state index contributed by atoms with van der Waals surface area (Å²) in [6.45, 7) is 2.85. The van der Waals surface area contributed by atoms with Crippen molar-refractivity contribution in [2.75, 3.05) is 24.3 Å². The highest BCUT2D eigenvalue weighted by Gasteiger charge is 2.09. The van der Waals surface area contributed by atoms with E-state index in [1.165, 1.54) is 22.8 Å². The quantitative estimate of drug-likeness (QED) is 0.902. The van der Waals surface area contributed by atoms with E-state index < -0.39 is 0 Å². The summed E-state index contributed by atoms with van der Waals surface area (Å²) in [6.07, 6.45) is 0. The maximum Gasteiger partial charge on any atom is 0.134 e. The summed E-state index contributed by atoms with van der Waals surface area (Å²) < 4.78 is 3.96. The van der Waals surface area contributed by atoms with Crippen LogP contribution in [0, 0.1) is 6.92 Å². The number of hydrogen-bond donors (Lipinski definition) is 1. The second-order valence-electron chi connectivity index (χ2n) is 3.99. The molecule has 0 aliphatic rings. The van der Waals surface area contributed by atoms with Gasteiger partial charge in [-0.25, -0.2) is 0 Å². The highest BCUT2D eigenvalue weighted by atomic mass is 32.1. The molecule has 0 aliphatic carbocycles. The zero-order valence-corrected chi connectivity index (χ0v) is 11.1. The smallest absolute Gasteiger partial charge is 0.134 e. The van der Waals surface area contributed by atoms with Gasteiger partial charge < -0.3 is 10.2 Å². The maximum absolute atomic E-state index is 4.13. The Morgan fingerprint density at radius 2 is 2.00 bits per heavy atom. The molecule has 0 atom stereocenters. The predicted molar refractivity (Wildman–Crippen MR) is 72.7 cm³/mol. The number of hydrogen-bond acceptors (Lipinski definition) is 5. The van der Waals surface area contributed by atoms with Crippen molar-refractivity contribution in [3.63, 3.8) is 0 Å². The molecule has 5 heteroatoms. The fourth-order valence-electron chi connectivity index (χ4n) is 1.62. The van der Waals surface area contributed by atoms with Gasteiger partial charge in [-0.05, 0) is 19.1 Å². The van der Waals surface area contributed by atoms with Gasteiger partial charge in [0.2, 0.25) is 0 Å². The zero-order chi connectivity index (χ0) is 12.3. The SMILES string of the molecule is CNc1snnc1CN(C)c1ccc(C)cc1. The monoisotopic (exact) mass is 248 g/mol. The highest BCUT2D eigenvalue weighted by Crippen LogP contribution is 2.21. The molecule has 4 nitrogen and oxygen atoms in total. The van der Waals surface area contributed by atoms with Crippen molar-refractivity contribution >= 4 is 22.2 Å². The Morgan fingerprint density at radius 1 is 1.29 bits per heavy atom. The summed E-state index contributed by atoms with van der Waals surface area (Å²) >= 11 is 1.39. The molecule has 0 saturated heterocycles. The Labute approximate surface area is 105 Å². The minimum absolute atomic E-state index is 0.760. The van der Waals surface area contributed by atoms with Crippen molar-refractivity contribution in [2.24, 2.45) is 0 Å². The molecule has 2 aromatic rings. The molecule has 1 aromatic heterocycles. The van der Waals surface area contributed by atoms with Crippen LogP contribution in [0.5, 0.6) is 0 Å². The lowest BCUT2D eigenvalue weighted by Gasteiger charge is -2.18. The Hall–Kier alpha value is -1.62. The number of rotatable bonds is 4. The third-order valence-electron chi connectivity index (χ3n) is 2.64. The van der Waals surface area contributed by atoms with Crippen LogP contribution >= 0.6 is 11.5 Å².